The van der Waals surface area contributed by atoms with Crippen molar-refractivity contribution in [3.63, 3.8) is 0 Å². The molecule has 2 aromatic carbocycles. The van der Waals surface area contributed by atoms with Gasteiger partial charge < -0.3 is 15.2 Å². The van der Waals surface area contributed by atoms with Gasteiger partial charge in [0.05, 0.1) is 17.4 Å². The molecule has 1 atom stereocenters. The first-order valence-corrected chi connectivity index (χ1v) is 8.75. The molecule has 25 heavy (non-hydrogen) atoms. The Morgan fingerprint density at radius 3 is 2.60 bits per heavy atom. The van der Waals surface area contributed by atoms with Crippen LogP contribution in [0.1, 0.15) is 32.7 Å². The summed E-state index contributed by atoms with van der Waals surface area (Å²) in [6, 6.07) is 15.3. The molecule has 3 aromatic rings. The van der Waals surface area contributed by atoms with Gasteiger partial charge in [0.25, 0.3) is 0 Å². The quantitative estimate of drug-likeness (QED) is 0.627. The van der Waals surface area contributed by atoms with Crippen molar-refractivity contribution < 1.29 is 4.79 Å². The van der Waals surface area contributed by atoms with Crippen molar-refractivity contribution in [2.75, 3.05) is 17.2 Å². The molecule has 1 heterocycles. The number of unbranched alkanes of at least 4 members (excludes halogenated alkanes) is 1. The highest BCUT2D eigenvalue weighted by Crippen LogP contribution is 2.20. The maximum Gasteiger partial charge on any atom is 0.247 e. The van der Waals surface area contributed by atoms with Crippen LogP contribution in [0.15, 0.2) is 54.9 Å². The number of anilines is 2. The molecule has 0 aliphatic rings. The van der Waals surface area contributed by atoms with E-state index in [1.807, 2.05) is 60.0 Å². The predicted octanol–water partition coefficient (Wildman–Crippen LogP) is 4.45. The second kappa shape index (κ2) is 7.83. The minimum Gasteiger partial charge on any atom is -0.385 e. The molecular weight excluding hydrogens is 312 g/mol. The lowest BCUT2D eigenvalue weighted by Crippen LogP contribution is -2.23. The van der Waals surface area contributed by atoms with Gasteiger partial charge in [-0.1, -0.05) is 25.5 Å². The highest BCUT2D eigenvalue weighted by atomic mass is 16.2. The summed E-state index contributed by atoms with van der Waals surface area (Å²) >= 11 is 0. The normalized spacial score (nSPS) is 12.1. The van der Waals surface area contributed by atoms with Gasteiger partial charge in [-0.15, -0.1) is 0 Å². The van der Waals surface area contributed by atoms with E-state index in [1.54, 1.807) is 6.33 Å². The molecule has 5 nitrogen and oxygen atoms in total. The Bertz CT molecular complexity index is 838. The molecule has 0 bridgehead atoms. The van der Waals surface area contributed by atoms with Crippen molar-refractivity contribution in [1.82, 2.24) is 9.55 Å². The van der Waals surface area contributed by atoms with E-state index >= 15 is 0 Å². The van der Waals surface area contributed by atoms with Crippen molar-refractivity contribution in [3.05, 3.63) is 54.9 Å². The van der Waals surface area contributed by atoms with E-state index in [4.69, 9.17) is 0 Å². The molecule has 2 N–H and O–H groups in total. The fourth-order valence-corrected chi connectivity index (χ4v) is 2.74. The average molecular weight is 336 g/mol. The number of hydrogen-bond donors (Lipinski definition) is 2. The van der Waals surface area contributed by atoms with Gasteiger partial charge in [0.15, 0.2) is 0 Å². The number of rotatable bonds is 7. The van der Waals surface area contributed by atoms with E-state index in [0.29, 0.717) is 0 Å². The lowest BCUT2D eigenvalue weighted by Gasteiger charge is -2.15. The summed E-state index contributed by atoms with van der Waals surface area (Å²) < 4.78 is 1.89. The molecule has 0 aliphatic carbocycles. The fourth-order valence-electron chi connectivity index (χ4n) is 2.74. The summed E-state index contributed by atoms with van der Waals surface area (Å²) in [6.45, 7) is 5.02. The number of amides is 1. The Kier molecular flexibility index (Phi) is 5.33. The topological polar surface area (TPSA) is 58.9 Å². The first-order valence-electron chi connectivity index (χ1n) is 8.75. The lowest BCUT2D eigenvalue weighted by atomic mass is 10.2. The smallest absolute Gasteiger partial charge is 0.247 e. The highest BCUT2D eigenvalue weighted by molar-refractivity contribution is 5.94. The molecular formula is C20H24N4O. The summed E-state index contributed by atoms with van der Waals surface area (Å²) in [6.07, 6.45) is 4.03. The Morgan fingerprint density at radius 1 is 1.12 bits per heavy atom. The summed E-state index contributed by atoms with van der Waals surface area (Å²) in [5.74, 6) is -0.0603. The first-order chi connectivity index (χ1) is 12.2. The van der Waals surface area contributed by atoms with Gasteiger partial charge in [-0.3, -0.25) is 4.79 Å². The summed E-state index contributed by atoms with van der Waals surface area (Å²) in [7, 11) is 0. The molecule has 0 radical (unpaired) electrons. The van der Waals surface area contributed by atoms with Crippen LogP contribution in [0, 0.1) is 0 Å². The Balaban J connectivity index is 1.65. The molecule has 0 aliphatic heterocycles. The molecule has 1 unspecified atom stereocenters. The number of imidazole rings is 1. The van der Waals surface area contributed by atoms with E-state index in [-0.39, 0.29) is 11.9 Å². The van der Waals surface area contributed by atoms with Gasteiger partial charge in [0.2, 0.25) is 5.91 Å². The Morgan fingerprint density at radius 2 is 1.84 bits per heavy atom. The summed E-state index contributed by atoms with van der Waals surface area (Å²) in [5, 5.41) is 6.34. The SMILES string of the molecule is CCCCNc1ccc(NC(=O)C(C)n2cnc3ccccc32)cc1. The second-order valence-electron chi connectivity index (χ2n) is 6.16. The first kappa shape index (κ1) is 17.0. The number of aromatic nitrogens is 2. The number of para-hydroxylation sites is 2. The van der Waals surface area contributed by atoms with Crippen molar-refractivity contribution in [3.8, 4) is 0 Å². The Labute approximate surface area is 148 Å². The molecule has 130 valence electrons. The van der Waals surface area contributed by atoms with Crippen molar-refractivity contribution in [2.45, 2.75) is 32.7 Å². The van der Waals surface area contributed by atoms with Gasteiger partial charge in [0, 0.05) is 17.9 Å². The van der Waals surface area contributed by atoms with E-state index in [9.17, 15) is 4.79 Å². The van der Waals surface area contributed by atoms with Crippen LogP contribution in [0.3, 0.4) is 0 Å². The van der Waals surface area contributed by atoms with Crippen LogP contribution in [0.25, 0.3) is 11.0 Å². The van der Waals surface area contributed by atoms with Crippen LogP contribution < -0.4 is 10.6 Å². The van der Waals surface area contributed by atoms with Crippen molar-refractivity contribution in [2.24, 2.45) is 0 Å². The summed E-state index contributed by atoms with van der Waals surface area (Å²) in [4.78, 5) is 16.9. The zero-order valence-corrected chi connectivity index (χ0v) is 14.7. The molecule has 0 saturated carbocycles. The molecule has 0 fully saturated rings. The van der Waals surface area contributed by atoms with Crippen LogP contribution >= 0.6 is 0 Å². The van der Waals surface area contributed by atoms with Gasteiger partial charge in [-0.25, -0.2) is 4.98 Å². The maximum atomic E-state index is 12.6. The van der Waals surface area contributed by atoms with E-state index in [0.717, 1.165) is 35.4 Å². The lowest BCUT2D eigenvalue weighted by molar-refractivity contribution is -0.118. The van der Waals surface area contributed by atoms with Gasteiger partial charge in [-0.05, 0) is 49.7 Å². The van der Waals surface area contributed by atoms with Gasteiger partial charge in [0.1, 0.15) is 6.04 Å². The molecule has 1 amide bonds. The molecule has 1 aromatic heterocycles. The van der Waals surface area contributed by atoms with E-state index in [1.165, 1.54) is 6.42 Å². The molecule has 0 spiro atoms. The predicted molar refractivity (Wildman–Crippen MR) is 103 cm³/mol. The number of carbonyl (C=O) groups excluding carboxylic acids is 1. The van der Waals surface area contributed by atoms with Crippen LogP contribution in [0.4, 0.5) is 11.4 Å². The third-order valence-corrected chi connectivity index (χ3v) is 4.29. The van der Waals surface area contributed by atoms with Crippen molar-refractivity contribution >= 4 is 28.3 Å². The standard InChI is InChI=1S/C20H24N4O/c1-3-4-13-21-16-9-11-17(12-10-16)23-20(25)15(2)24-14-22-18-7-5-6-8-19(18)24/h5-12,14-15,21H,3-4,13H2,1-2H3,(H,23,25). The minimum atomic E-state index is -0.338. The van der Waals surface area contributed by atoms with Crippen LogP contribution in [0.5, 0.6) is 0 Å². The monoisotopic (exact) mass is 336 g/mol. The largest absolute Gasteiger partial charge is 0.385 e. The third kappa shape index (κ3) is 3.99. The summed E-state index contributed by atoms with van der Waals surface area (Å²) in [5.41, 5.74) is 3.72. The van der Waals surface area contributed by atoms with E-state index < -0.39 is 0 Å². The van der Waals surface area contributed by atoms with E-state index in [2.05, 4.69) is 22.5 Å². The second-order valence-corrected chi connectivity index (χ2v) is 6.16. The molecule has 3 rings (SSSR count). The average Bonchev–Trinajstić information content (AvgIpc) is 3.07. The molecule has 0 saturated heterocycles. The number of benzene rings is 2. The van der Waals surface area contributed by atoms with Crippen LogP contribution in [-0.2, 0) is 4.79 Å². The van der Waals surface area contributed by atoms with Crippen LogP contribution in [0.2, 0.25) is 0 Å². The van der Waals surface area contributed by atoms with Gasteiger partial charge in [-0.2, -0.15) is 0 Å². The number of hydrogen-bond acceptors (Lipinski definition) is 3. The van der Waals surface area contributed by atoms with Crippen molar-refractivity contribution in [1.29, 1.82) is 0 Å². The number of carbonyl (C=O) groups is 1. The van der Waals surface area contributed by atoms with Gasteiger partial charge >= 0.3 is 0 Å². The Hall–Kier alpha value is -2.82. The number of fused-ring (bicyclic) bond motifs is 1. The van der Waals surface area contributed by atoms with Crippen LogP contribution in [-0.4, -0.2) is 22.0 Å². The zero-order chi connectivity index (χ0) is 17.6. The zero-order valence-electron chi connectivity index (χ0n) is 14.7. The highest BCUT2D eigenvalue weighted by Gasteiger charge is 2.17. The number of nitrogens with zero attached hydrogens (tertiary/aromatic N) is 2. The number of nitrogens with one attached hydrogen (secondary N) is 2. The fraction of sp³-hybridized carbons (Fsp3) is 0.300. The minimum absolute atomic E-state index is 0.0603. The third-order valence-electron chi connectivity index (χ3n) is 4.29. The molecule has 5 heteroatoms. The maximum absolute atomic E-state index is 12.6.